The van der Waals surface area contributed by atoms with Crippen LogP contribution in [0.3, 0.4) is 0 Å². The van der Waals surface area contributed by atoms with Crippen LogP contribution in [-0.2, 0) is 10.0 Å². The largest absolute Gasteiger partial charge is 0.495 e. The van der Waals surface area contributed by atoms with Crippen molar-refractivity contribution < 1.29 is 23.1 Å². The third kappa shape index (κ3) is 3.31. The van der Waals surface area contributed by atoms with Gasteiger partial charge in [-0.15, -0.1) is 11.3 Å². The molecule has 0 atom stereocenters. The lowest BCUT2D eigenvalue weighted by Gasteiger charge is -2.11. The monoisotopic (exact) mass is 328 g/mol. The van der Waals surface area contributed by atoms with Crippen LogP contribution in [0.25, 0.3) is 0 Å². The number of benzene rings is 1. The van der Waals surface area contributed by atoms with Crippen molar-refractivity contribution in [2.24, 2.45) is 0 Å². The molecular formula is C12H12N2O5S2. The van der Waals surface area contributed by atoms with Gasteiger partial charge < -0.3 is 9.84 Å². The molecule has 0 amide bonds. The molecule has 0 saturated heterocycles. The van der Waals surface area contributed by atoms with Gasteiger partial charge in [0.1, 0.15) is 5.75 Å². The van der Waals surface area contributed by atoms with Crippen LogP contribution in [0, 0.1) is 6.92 Å². The summed E-state index contributed by atoms with van der Waals surface area (Å²) in [6, 6.07) is 3.92. The molecule has 1 aromatic carbocycles. The number of aromatic carboxylic acids is 1. The minimum absolute atomic E-state index is 0.0442. The molecule has 9 heteroatoms. The molecule has 0 aliphatic carbocycles. The first-order valence-corrected chi connectivity index (χ1v) is 8.00. The van der Waals surface area contributed by atoms with Crippen molar-refractivity contribution in [2.75, 3.05) is 11.8 Å². The lowest BCUT2D eigenvalue weighted by atomic mass is 10.2. The summed E-state index contributed by atoms with van der Waals surface area (Å²) in [5.41, 5.74) is 0.0115. The fourth-order valence-corrected chi connectivity index (χ4v) is 3.75. The Hall–Kier alpha value is -2.13. The Kier molecular flexibility index (Phi) is 4.14. The third-order valence-corrected chi connectivity index (χ3v) is 5.30. The van der Waals surface area contributed by atoms with Gasteiger partial charge in [-0.05, 0) is 25.1 Å². The first-order chi connectivity index (χ1) is 9.83. The zero-order chi connectivity index (χ0) is 15.6. The van der Waals surface area contributed by atoms with E-state index in [1.54, 1.807) is 6.92 Å². The average molecular weight is 328 g/mol. The van der Waals surface area contributed by atoms with Crippen LogP contribution < -0.4 is 9.46 Å². The number of aryl methyl sites for hydroxylation is 1. The van der Waals surface area contributed by atoms with Crippen molar-refractivity contribution in [3.05, 3.63) is 35.0 Å². The minimum atomic E-state index is -3.83. The topological polar surface area (TPSA) is 106 Å². The summed E-state index contributed by atoms with van der Waals surface area (Å²) in [6.45, 7) is 1.69. The summed E-state index contributed by atoms with van der Waals surface area (Å²) in [5.74, 6) is -0.934. The number of rotatable bonds is 5. The van der Waals surface area contributed by atoms with E-state index in [-0.39, 0.29) is 21.2 Å². The van der Waals surface area contributed by atoms with Crippen molar-refractivity contribution >= 4 is 33.0 Å². The fourth-order valence-electron chi connectivity index (χ4n) is 1.58. The number of aromatic nitrogens is 1. The van der Waals surface area contributed by atoms with E-state index < -0.39 is 16.0 Å². The van der Waals surface area contributed by atoms with Gasteiger partial charge in [0.2, 0.25) is 0 Å². The number of nitrogens with one attached hydrogen (secondary N) is 1. The average Bonchev–Trinajstić information content (AvgIpc) is 2.85. The number of carboxylic acid groups (broad SMARTS) is 1. The molecule has 0 bridgehead atoms. The number of carbonyl (C=O) groups is 1. The van der Waals surface area contributed by atoms with E-state index in [2.05, 4.69) is 9.71 Å². The second-order valence-corrected chi connectivity index (χ2v) is 7.17. The Morgan fingerprint density at radius 3 is 2.67 bits per heavy atom. The molecule has 1 aromatic heterocycles. The number of anilines is 1. The molecule has 0 aliphatic rings. The van der Waals surface area contributed by atoms with E-state index in [9.17, 15) is 13.2 Å². The number of ether oxygens (including phenoxy) is 1. The Morgan fingerprint density at radius 2 is 2.14 bits per heavy atom. The van der Waals surface area contributed by atoms with Crippen LogP contribution in [0.1, 0.15) is 15.4 Å². The maximum absolute atomic E-state index is 12.2. The highest BCUT2D eigenvalue weighted by atomic mass is 32.2. The first-order valence-electron chi connectivity index (χ1n) is 5.70. The number of hydrogen-bond acceptors (Lipinski definition) is 6. The fraction of sp³-hybridized carbons (Fsp3) is 0.167. The number of carboxylic acids is 1. The smallest absolute Gasteiger partial charge is 0.335 e. The normalized spacial score (nSPS) is 11.1. The maximum atomic E-state index is 12.2. The Morgan fingerprint density at radius 1 is 1.43 bits per heavy atom. The van der Waals surface area contributed by atoms with Gasteiger partial charge in [0.15, 0.2) is 4.21 Å². The zero-order valence-corrected chi connectivity index (χ0v) is 12.8. The quantitative estimate of drug-likeness (QED) is 0.869. The number of hydrogen-bond donors (Lipinski definition) is 2. The molecule has 1 heterocycles. The van der Waals surface area contributed by atoms with Gasteiger partial charge >= 0.3 is 5.97 Å². The van der Waals surface area contributed by atoms with E-state index in [1.807, 2.05) is 0 Å². The van der Waals surface area contributed by atoms with Gasteiger partial charge in [0.25, 0.3) is 10.0 Å². The maximum Gasteiger partial charge on any atom is 0.335 e. The highest BCUT2D eigenvalue weighted by Crippen LogP contribution is 2.29. The molecule has 0 aliphatic heterocycles. The Bertz CT molecular complexity index is 783. The second kappa shape index (κ2) is 5.70. The molecule has 0 unspecified atom stereocenters. The summed E-state index contributed by atoms with van der Waals surface area (Å²) in [7, 11) is -2.47. The summed E-state index contributed by atoms with van der Waals surface area (Å²) in [4.78, 5) is 14.9. The molecular weight excluding hydrogens is 316 g/mol. The predicted octanol–water partition coefficient (Wildman–Crippen LogP) is 1.96. The molecule has 2 N–H and O–H groups in total. The molecule has 0 saturated carbocycles. The van der Waals surface area contributed by atoms with E-state index >= 15 is 0 Å². The predicted molar refractivity (Wildman–Crippen MR) is 77.6 cm³/mol. The summed E-state index contributed by atoms with van der Waals surface area (Å²) in [6.07, 6.45) is 1.25. The molecule has 112 valence electrons. The molecule has 7 nitrogen and oxygen atoms in total. The van der Waals surface area contributed by atoms with Gasteiger partial charge in [0.05, 0.1) is 29.6 Å². The van der Waals surface area contributed by atoms with Gasteiger partial charge in [-0.2, -0.15) is 0 Å². The zero-order valence-electron chi connectivity index (χ0n) is 11.2. The second-order valence-electron chi connectivity index (χ2n) is 4.02. The standard InChI is InChI=1S/C12H12N2O5S2/c1-7-13-6-11(20-7)21(17,18)14-9-5-8(12(15)16)3-4-10(9)19-2/h3-6,14H,1-2H3,(H,15,16). The van der Waals surface area contributed by atoms with Crippen LogP contribution >= 0.6 is 11.3 Å². The first kappa shape index (κ1) is 15.3. The van der Waals surface area contributed by atoms with Crippen LogP contribution in [0.4, 0.5) is 5.69 Å². The van der Waals surface area contributed by atoms with Crippen molar-refractivity contribution in [3.63, 3.8) is 0 Å². The van der Waals surface area contributed by atoms with Gasteiger partial charge in [-0.1, -0.05) is 0 Å². The van der Waals surface area contributed by atoms with Gasteiger partial charge in [-0.3, -0.25) is 4.72 Å². The SMILES string of the molecule is COc1ccc(C(=O)O)cc1NS(=O)(=O)c1cnc(C)s1. The molecule has 2 aromatic rings. The molecule has 0 fully saturated rings. The van der Waals surface area contributed by atoms with Crippen LogP contribution in [-0.4, -0.2) is 31.6 Å². The summed E-state index contributed by atoms with van der Waals surface area (Å²) in [5, 5.41) is 9.58. The van der Waals surface area contributed by atoms with Crippen molar-refractivity contribution in [1.82, 2.24) is 4.98 Å². The molecule has 21 heavy (non-hydrogen) atoms. The Balaban J connectivity index is 2.42. The minimum Gasteiger partial charge on any atom is -0.495 e. The third-order valence-electron chi connectivity index (χ3n) is 2.56. The number of thiazole rings is 1. The van der Waals surface area contributed by atoms with Gasteiger partial charge in [-0.25, -0.2) is 18.2 Å². The highest BCUT2D eigenvalue weighted by molar-refractivity contribution is 7.94. The van der Waals surface area contributed by atoms with Crippen molar-refractivity contribution in [2.45, 2.75) is 11.1 Å². The lowest BCUT2D eigenvalue weighted by Crippen LogP contribution is -2.13. The molecule has 0 radical (unpaired) electrons. The summed E-state index contributed by atoms with van der Waals surface area (Å²) >= 11 is 1.02. The molecule has 2 rings (SSSR count). The van der Waals surface area contributed by atoms with E-state index in [1.165, 1.54) is 31.5 Å². The summed E-state index contributed by atoms with van der Waals surface area (Å²) < 4.78 is 31.8. The highest BCUT2D eigenvalue weighted by Gasteiger charge is 2.20. The van der Waals surface area contributed by atoms with Gasteiger partial charge in [0, 0.05) is 0 Å². The van der Waals surface area contributed by atoms with Crippen molar-refractivity contribution in [1.29, 1.82) is 0 Å². The van der Waals surface area contributed by atoms with E-state index in [0.717, 1.165) is 11.3 Å². The van der Waals surface area contributed by atoms with Crippen LogP contribution in [0.2, 0.25) is 0 Å². The lowest BCUT2D eigenvalue weighted by molar-refractivity contribution is 0.0697. The van der Waals surface area contributed by atoms with E-state index in [0.29, 0.717) is 5.01 Å². The Labute approximate surface area is 125 Å². The number of sulfonamides is 1. The molecule has 0 spiro atoms. The van der Waals surface area contributed by atoms with E-state index in [4.69, 9.17) is 9.84 Å². The van der Waals surface area contributed by atoms with Crippen molar-refractivity contribution in [3.8, 4) is 5.75 Å². The number of nitrogens with zero attached hydrogens (tertiary/aromatic N) is 1. The number of methoxy groups -OCH3 is 1. The van der Waals surface area contributed by atoms with Crippen LogP contribution in [0.5, 0.6) is 5.75 Å². The van der Waals surface area contributed by atoms with Crippen LogP contribution in [0.15, 0.2) is 28.6 Å².